The highest BCUT2D eigenvalue weighted by Gasteiger charge is 2.32. The second-order valence-electron chi connectivity index (χ2n) is 7.06. The van der Waals surface area contributed by atoms with E-state index in [1.165, 1.54) is 37.1 Å². The molecule has 0 unspecified atom stereocenters. The SMILES string of the molecule is O=C(/C=C/c1ccccc1C(F)(F)F)c1ccc(OCCCN2CCCC2)cc1. The fourth-order valence-corrected chi connectivity index (χ4v) is 3.36. The Morgan fingerprint density at radius 3 is 2.41 bits per heavy atom. The molecule has 0 radical (unpaired) electrons. The summed E-state index contributed by atoms with van der Waals surface area (Å²) < 4.78 is 44.8. The third-order valence-corrected chi connectivity index (χ3v) is 4.91. The van der Waals surface area contributed by atoms with Crippen LogP contribution in [0.15, 0.2) is 54.6 Å². The van der Waals surface area contributed by atoms with Gasteiger partial charge in [-0.3, -0.25) is 4.79 Å². The Balaban J connectivity index is 1.53. The van der Waals surface area contributed by atoms with Crippen LogP contribution in [0.3, 0.4) is 0 Å². The minimum atomic E-state index is -4.46. The maximum atomic E-state index is 13.0. The van der Waals surface area contributed by atoms with Crippen molar-refractivity contribution in [1.29, 1.82) is 0 Å². The number of ketones is 1. The Hall–Kier alpha value is -2.60. The number of carbonyl (C=O) groups excluding carboxylic acids is 1. The molecule has 2 aromatic carbocycles. The molecule has 1 aliphatic heterocycles. The Morgan fingerprint density at radius 2 is 1.72 bits per heavy atom. The average Bonchev–Trinajstić information content (AvgIpc) is 3.23. The highest BCUT2D eigenvalue weighted by Crippen LogP contribution is 2.32. The van der Waals surface area contributed by atoms with E-state index in [-0.39, 0.29) is 11.3 Å². The quantitative estimate of drug-likeness (QED) is 0.333. The number of ether oxygens (including phenoxy) is 1. The molecule has 0 spiro atoms. The molecule has 1 heterocycles. The number of halogens is 3. The van der Waals surface area contributed by atoms with Gasteiger partial charge < -0.3 is 9.64 Å². The Labute approximate surface area is 168 Å². The van der Waals surface area contributed by atoms with Crippen LogP contribution in [0.5, 0.6) is 5.75 Å². The molecule has 29 heavy (non-hydrogen) atoms. The molecular formula is C23H24F3NO2. The third kappa shape index (κ3) is 6.19. The van der Waals surface area contributed by atoms with Crippen LogP contribution in [0.1, 0.15) is 40.7 Å². The molecule has 1 fully saturated rings. The molecule has 0 aliphatic carbocycles. The predicted octanol–water partition coefficient (Wildman–Crippen LogP) is 5.47. The molecule has 0 N–H and O–H groups in total. The van der Waals surface area contributed by atoms with Crippen molar-refractivity contribution in [2.24, 2.45) is 0 Å². The zero-order valence-electron chi connectivity index (χ0n) is 16.1. The van der Waals surface area contributed by atoms with Gasteiger partial charge in [-0.25, -0.2) is 0 Å². The molecule has 3 rings (SSSR count). The number of rotatable bonds is 8. The number of likely N-dealkylation sites (tertiary alicyclic amines) is 1. The Bertz CT molecular complexity index is 838. The number of carbonyl (C=O) groups is 1. The molecule has 2 aromatic rings. The van der Waals surface area contributed by atoms with E-state index in [4.69, 9.17) is 4.74 Å². The van der Waals surface area contributed by atoms with Crippen molar-refractivity contribution >= 4 is 11.9 Å². The van der Waals surface area contributed by atoms with E-state index >= 15 is 0 Å². The van der Waals surface area contributed by atoms with Gasteiger partial charge in [0.05, 0.1) is 12.2 Å². The van der Waals surface area contributed by atoms with Crippen molar-refractivity contribution in [3.05, 3.63) is 71.3 Å². The van der Waals surface area contributed by atoms with Crippen LogP contribution in [0.2, 0.25) is 0 Å². The van der Waals surface area contributed by atoms with Gasteiger partial charge >= 0.3 is 6.18 Å². The molecule has 3 nitrogen and oxygen atoms in total. The Kier molecular flexibility index (Phi) is 7.09. The van der Waals surface area contributed by atoms with Gasteiger partial charge in [0.1, 0.15) is 5.75 Å². The van der Waals surface area contributed by atoms with Crippen molar-refractivity contribution in [3.8, 4) is 5.75 Å². The van der Waals surface area contributed by atoms with Gasteiger partial charge in [0.2, 0.25) is 0 Å². The summed E-state index contributed by atoms with van der Waals surface area (Å²) >= 11 is 0. The molecule has 6 heteroatoms. The smallest absolute Gasteiger partial charge is 0.416 e. The molecule has 0 atom stereocenters. The second-order valence-corrected chi connectivity index (χ2v) is 7.06. The molecular weight excluding hydrogens is 379 g/mol. The predicted molar refractivity (Wildman–Crippen MR) is 107 cm³/mol. The van der Waals surface area contributed by atoms with Crippen molar-refractivity contribution in [3.63, 3.8) is 0 Å². The first-order valence-corrected chi connectivity index (χ1v) is 9.77. The number of alkyl halides is 3. The zero-order chi connectivity index (χ0) is 20.7. The fraction of sp³-hybridized carbons (Fsp3) is 0.348. The van der Waals surface area contributed by atoms with Gasteiger partial charge in [-0.05, 0) is 74.3 Å². The molecule has 1 aliphatic rings. The maximum absolute atomic E-state index is 13.0. The summed E-state index contributed by atoms with van der Waals surface area (Å²) in [6.07, 6.45) is 1.39. The molecule has 0 bridgehead atoms. The number of hydrogen-bond donors (Lipinski definition) is 0. The molecule has 0 amide bonds. The molecule has 154 valence electrons. The van der Waals surface area contributed by atoms with Gasteiger partial charge in [-0.2, -0.15) is 13.2 Å². The van der Waals surface area contributed by atoms with E-state index in [2.05, 4.69) is 4.90 Å². The lowest BCUT2D eigenvalue weighted by atomic mass is 10.0. The first-order chi connectivity index (χ1) is 13.9. The van der Waals surface area contributed by atoms with E-state index in [0.29, 0.717) is 17.9 Å². The summed E-state index contributed by atoms with van der Waals surface area (Å²) in [5, 5.41) is 0. The summed E-state index contributed by atoms with van der Waals surface area (Å²) in [6, 6.07) is 11.8. The Morgan fingerprint density at radius 1 is 1.03 bits per heavy atom. The van der Waals surface area contributed by atoms with Gasteiger partial charge in [-0.1, -0.05) is 24.3 Å². The lowest BCUT2D eigenvalue weighted by Crippen LogP contribution is -2.21. The summed E-state index contributed by atoms with van der Waals surface area (Å²) in [6.45, 7) is 3.97. The standard InChI is InChI=1S/C23H24F3NO2/c24-23(25,26)21-7-2-1-6-18(21)10-13-22(28)19-8-11-20(12-9-19)29-17-5-16-27-14-3-4-15-27/h1-2,6-13H,3-5,14-17H2/b13-10+. The van der Waals surface area contributed by atoms with Gasteiger partial charge in [-0.15, -0.1) is 0 Å². The maximum Gasteiger partial charge on any atom is 0.416 e. The summed E-state index contributed by atoms with van der Waals surface area (Å²) in [5.74, 6) is 0.317. The van der Waals surface area contributed by atoms with Gasteiger partial charge in [0.15, 0.2) is 5.78 Å². The number of nitrogens with zero attached hydrogens (tertiary/aromatic N) is 1. The third-order valence-electron chi connectivity index (χ3n) is 4.91. The topological polar surface area (TPSA) is 29.5 Å². The van der Waals surface area contributed by atoms with Gasteiger partial charge in [0, 0.05) is 12.1 Å². The van der Waals surface area contributed by atoms with E-state index in [9.17, 15) is 18.0 Å². The molecule has 0 saturated carbocycles. The van der Waals surface area contributed by atoms with Crippen molar-refractivity contribution in [2.45, 2.75) is 25.4 Å². The van der Waals surface area contributed by atoms with E-state index in [0.717, 1.165) is 38.2 Å². The van der Waals surface area contributed by atoms with Gasteiger partial charge in [0.25, 0.3) is 0 Å². The number of allylic oxidation sites excluding steroid dienone is 1. The summed E-state index contributed by atoms with van der Waals surface area (Å²) in [7, 11) is 0. The first kappa shape index (κ1) is 21.1. The number of benzene rings is 2. The van der Waals surface area contributed by atoms with Crippen LogP contribution in [0.4, 0.5) is 13.2 Å². The fourth-order valence-electron chi connectivity index (χ4n) is 3.36. The van der Waals surface area contributed by atoms with Crippen molar-refractivity contribution in [1.82, 2.24) is 4.90 Å². The molecule has 0 aromatic heterocycles. The highest BCUT2D eigenvalue weighted by molar-refractivity contribution is 6.06. The minimum absolute atomic E-state index is 0.0358. The van der Waals surface area contributed by atoms with Crippen LogP contribution >= 0.6 is 0 Å². The van der Waals surface area contributed by atoms with E-state index < -0.39 is 11.7 Å². The van der Waals surface area contributed by atoms with Crippen molar-refractivity contribution < 1.29 is 22.7 Å². The minimum Gasteiger partial charge on any atom is -0.494 e. The first-order valence-electron chi connectivity index (χ1n) is 9.77. The lowest BCUT2D eigenvalue weighted by Gasteiger charge is -2.14. The average molecular weight is 403 g/mol. The highest BCUT2D eigenvalue weighted by atomic mass is 19.4. The monoisotopic (exact) mass is 403 g/mol. The lowest BCUT2D eigenvalue weighted by molar-refractivity contribution is -0.137. The van der Waals surface area contributed by atoms with E-state index in [1.54, 1.807) is 24.3 Å². The molecule has 1 saturated heterocycles. The van der Waals surface area contributed by atoms with Crippen LogP contribution in [0.25, 0.3) is 6.08 Å². The normalized spacial score (nSPS) is 15.1. The van der Waals surface area contributed by atoms with Crippen LogP contribution in [-0.2, 0) is 6.18 Å². The van der Waals surface area contributed by atoms with Crippen LogP contribution in [0, 0.1) is 0 Å². The van der Waals surface area contributed by atoms with Crippen molar-refractivity contribution in [2.75, 3.05) is 26.2 Å². The second kappa shape index (κ2) is 9.74. The largest absolute Gasteiger partial charge is 0.494 e. The summed E-state index contributed by atoms with van der Waals surface area (Å²) in [5.41, 5.74) is -0.400. The van der Waals surface area contributed by atoms with Crippen LogP contribution in [-0.4, -0.2) is 36.9 Å². The summed E-state index contributed by atoms with van der Waals surface area (Å²) in [4.78, 5) is 14.7. The zero-order valence-corrected chi connectivity index (χ0v) is 16.1. The number of hydrogen-bond acceptors (Lipinski definition) is 3. The van der Waals surface area contributed by atoms with Crippen LogP contribution < -0.4 is 4.74 Å². The van der Waals surface area contributed by atoms with E-state index in [1.807, 2.05) is 0 Å².